The Hall–Kier alpha value is -4.65. The first-order valence-electron chi connectivity index (χ1n) is 16.0. The molecule has 0 bridgehead atoms. The van der Waals surface area contributed by atoms with E-state index in [0.29, 0.717) is 52.8 Å². The Balaban J connectivity index is 1.59. The molecule has 5 aromatic rings. The van der Waals surface area contributed by atoms with Gasteiger partial charge in [-0.3, -0.25) is 9.48 Å². The van der Waals surface area contributed by atoms with Crippen molar-refractivity contribution in [3.63, 3.8) is 0 Å². The summed E-state index contributed by atoms with van der Waals surface area (Å²) in [5.74, 6) is -1.23. The number of thiophene rings is 1. The van der Waals surface area contributed by atoms with Gasteiger partial charge in [0.25, 0.3) is 0 Å². The highest BCUT2D eigenvalue weighted by Crippen LogP contribution is 2.47. The van der Waals surface area contributed by atoms with Crippen molar-refractivity contribution >= 4 is 27.3 Å². The molecule has 1 aliphatic heterocycles. The lowest BCUT2D eigenvalue weighted by Crippen LogP contribution is -2.40. The maximum absolute atomic E-state index is 16.2. The van der Waals surface area contributed by atoms with Gasteiger partial charge in [-0.2, -0.15) is 5.10 Å². The monoisotopic (exact) mass is 687 g/mol. The molecular formula is C37H39F2N5O4S. The Kier molecular flexibility index (Phi) is 9.56. The number of aliphatic hydroxyl groups is 1. The molecule has 256 valence electrons. The van der Waals surface area contributed by atoms with Gasteiger partial charge in [-0.1, -0.05) is 18.7 Å². The fourth-order valence-corrected chi connectivity index (χ4v) is 6.89. The second kappa shape index (κ2) is 13.7. The number of fused-ring (bicyclic) bond motifs is 2. The molecule has 1 amide bonds. The van der Waals surface area contributed by atoms with Crippen LogP contribution in [0.1, 0.15) is 32.5 Å². The van der Waals surface area contributed by atoms with Gasteiger partial charge in [0, 0.05) is 46.4 Å². The molecule has 49 heavy (non-hydrogen) atoms. The van der Waals surface area contributed by atoms with E-state index < -0.39 is 17.2 Å². The van der Waals surface area contributed by atoms with Crippen LogP contribution in [0.15, 0.2) is 66.6 Å². The Labute approximate surface area is 288 Å². The predicted octanol–water partition coefficient (Wildman–Crippen LogP) is 6.95. The lowest BCUT2D eigenvalue weighted by molar-refractivity contribution is -0.129. The van der Waals surface area contributed by atoms with Crippen LogP contribution in [-0.2, 0) is 11.3 Å². The molecule has 0 aliphatic carbocycles. The molecule has 6 rings (SSSR count). The van der Waals surface area contributed by atoms with Crippen LogP contribution in [0.5, 0.6) is 11.5 Å². The fraction of sp³-hybridized carbons (Fsp3) is 0.324. The number of rotatable bonds is 11. The van der Waals surface area contributed by atoms with E-state index >= 15 is 4.39 Å². The number of aromatic nitrogens is 3. The summed E-state index contributed by atoms with van der Waals surface area (Å²) in [4.78, 5) is 21.6. The van der Waals surface area contributed by atoms with Gasteiger partial charge in [0.15, 0.2) is 0 Å². The minimum atomic E-state index is -1.27. The van der Waals surface area contributed by atoms with Gasteiger partial charge in [-0.05, 0) is 70.6 Å². The van der Waals surface area contributed by atoms with E-state index in [4.69, 9.17) is 19.6 Å². The van der Waals surface area contributed by atoms with Crippen molar-refractivity contribution in [3.05, 3.63) is 83.9 Å². The third-order valence-corrected chi connectivity index (χ3v) is 9.26. The van der Waals surface area contributed by atoms with Crippen LogP contribution in [-0.4, -0.2) is 81.6 Å². The van der Waals surface area contributed by atoms with Crippen molar-refractivity contribution in [2.45, 2.75) is 39.0 Å². The summed E-state index contributed by atoms with van der Waals surface area (Å²) < 4.78 is 45.4. The summed E-state index contributed by atoms with van der Waals surface area (Å²) in [5.41, 5.74) is 2.15. The van der Waals surface area contributed by atoms with E-state index in [1.165, 1.54) is 17.4 Å². The zero-order valence-corrected chi connectivity index (χ0v) is 29.0. The highest BCUT2D eigenvalue weighted by atomic mass is 32.1. The summed E-state index contributed by atoms with van der Waals surface area (Å²) in [6.45, 7) is 10.6. The number of amides is 1. The summed E-state index contributed by atoms with van der Waals surface area (Å²) in [7, 11) is 3.96. The van der Waals surface area contributed by atoms with E-state index in [2.05, 4.69) is 6.58 Å². The van der Waals surface area contributed by atoms with Crippen molar-refractivity contribution in [2.75, 3.05) is 40.4 Å². The number of ether oxygens (including phenoxy) is 2. The van der Waals surface area contributed by atoms with Crippen molar-refractivity contribution in [1.29, 1.82) is 0 Å². The highest BCUT2D eigenvalue weighted by molar-refractivity contribution is 7.18. The fourth-order valence-electron chi connectivity index (χ4n) is 5.94. The Morgan fingerprint density at radius 1 is 1.12 bits per heavy atom. The average Bonchev–Trinajstić information content (AvgIpc) is 3.71. The zero-order valence-electron chi connectivity index (χ0n) is 28.2. The standard InChI is InChI=1S/C37H39F2N5O4S/c1-7-31(45)43-12-13-44-29(22(43)2)20-28(41-44)35-33(32-27(39)18-24(38)19-30(32)48-21-37(3,4)46)36-26(11-16-49-36)34(40-35)23-9-8-10-25(17-23)47-15-14-42(5)6/h7-11,16-20,22,46H,1,12-15,21H2,2-6H3. The molecule has 0 saturated carbocycles. The molecule has 4 heterocycles. The number of carbonyl (C=O) groups excluding carboxylic acids is 1. The third kappa shape index (κ3) is 7.08. The minimum Gasteiger partial charge on any atom is -0.492 e. The normalized spacial score (nSPS) is 14.7. The molecule has 0 radical (unpaired) electrons. The first-order valence-corrected chi connectivity index (χ1v) is 16.9. The van der Waals surface area contributed by atoms with Crippen LogP contribution >= 0.6 is 11.3 Å². The second-order valence-corrected chi connectivity index (χ2v) is 13.9. The molecule has 9 nitrogen and oxygen atoms in total. The van der Waals surface area contributed by atoms with Gasteiger partial charge in [-0.15, -0.1) is 11.3 Å². The van der Waals surface area contributed by atoms with Crippen molar-refractivity contribution in [2.24, 2.45) is 0 Å². The topological polar surface area (TPSA) is 93.0 Å². The first kappa shape index (κ1) is 34.2. The number of likely N-dealkylation sites (N-methyl/N-ethyl adjacent to an activating group) is 1. The maximum Gasteiger partial charge on any atom is 0.246 e. The number of hydrogen-bond acceptors (Lipinski definition) is 8. The van der Waals surface area contributed by atoms with Gasteiger partial charge in [0.1, 0.15) is 47.7 Å². The van der Waals surface area contributed by atoms with Crippen LogP contribution in [0.4, 0.5) is 8.78 Å². The molecular weight excluding hydrogens is 649 g/mol. The quantitative estimate of drug-likeness (QED) is 0.150. The average molecular weight is 688 g/mol. The number of nitrogens with zero attached hydrogens (tertiary/aromatic N) is 5. The summed E-state index contributed by atoms with van der Waals surface area (Å²) in [6, 6.07) is 13.1. The maximum atomic E-state index is 16.2. The third-order valence-electron chi connectivity index (χ3n) is 8.33. The van der Waals surface area contributed by atoms with Crippen LogP contribution in [0, 0.1) is 11.6 Å². The summed E-state index contributed by atoms with van der Waals surface area (Å²) in [5, 5.41) is 18.0. The van der Waals surface area contributed by atoms with Gasteiger partial charge < -0.3 is 24.4 Å². The van der Waals surface area contributed by atoms with Crippen LogP contribution in [0.2, 0.25) is 0 Å². The Morgan fingerprint density at radius 2 is 1.92 bits per heavy atom. The number of pyridine rings is 1. The SMILES string of the molecule is C=CC(=O)N1CCn2nc(-c3nc(-c4cccc(OCCN(C)C)c4)c4ccsc4c3-c3c(F)cc(F)cc3OCC(C)(C)O)cc2C1C. The number of halogens is 2. The van der Waals surface area contributed by atoms with Crippen molar-refractivity contribution in [1.82, 2.24) is 24.6 Å². The van der Waals surface area contributed by atoms with Crippen LogP contribution in [0.3, 0.4) is 0 Å². The molecule has 0 spiro atoms. The van der Waals surface area contributed by atoms with Gasteiger partial charge in [0.05, 0.1) is 35.1 Å². The number of hydrogen-bond donors (Lipinski definition) is 1. The minimum absolute atomic E-state index is 0.00963. The molecule has 0 fully saturated rings. The van der Waals surface area contributed by atoms with Crippen LogP contribution < -0.4 is 9.47 Å². The largest absolute Gasteiger partial charge is 0.492 e. The van der Waals surface area contributed by atoms with E-state index in [-0.39, 0.29) is 29.9 Å². The molecule has 3 aromatic heterocycles. The van der Waals surface area contributed by atoms with Crippen molar-refractivity contribution < 1.29 is 28.2 Å². The molecule has 1 N–H and O–H groups in total. The van der Waals surface area contributed by atoms with Gasteiger partial charge in [-0.25, -0.2) is 13.8 Å². The predicted molar refractivity (Wildman–Crippen MR) is 188 cm³/mol. The van der Waals surface area contributed by atoms with Gasteiger partial charge in [0.2, 0.25) is 5.91 Å². The molecule has 0 saturated heterocycles. The lowest BCUT2D eigenvalue weighted by atomic mass is 9.96. The molecule has 12 heteroatoms. The van der Waals surface area contributed by atoms with E-state index in [9.17, 15) is 14.3 Å². The highest BCUT2D eigenvalue weighted by Gasteiger charge is 2.31. The summed E-state index contributed by atoms with van der Waals surface area (Å²) in [6.07, 6.45) is 1.30. The Morgan fingerprint density at radius 3 is 2.65 bits per heavy atom. The van der Waals surface area contributed by atoms with E-state index in [1.54, 1.807) is 18.7 Å². The van der Waals surface area contributed by atoms with Gasteiger partial charge >= 0.3 is 0 Å². The van der Waals surface area contributed by atoms with Crippen molar-refractivity contribution in [3.8, 4) is 45.3 Å². The lowest BCUT2D eigenvalue weighted by Gasteiger charge is -2.33. The Bertz CT molecular complexity index is 2030. The molecule has 1 aliphatic rings. The molecule has 1 unspecified atom stereocenters. The smallest absolute Gasteiger partial charge is 0.246 e. The zero-order chi connectivity index (χ0) is 35.0. The first-order chi connectivity index (χ1) is 23.3. The summed E-state index contributed by atoms with van der Waals surface area (Å²) >= 11 is 1.39. The van der Waals surface area contributed by atoms with Crippen LogP contribution in [0.25, 0.3) is 43.9 Å². The van der Waals surface area contributed by atoms with E-state index in [1.807, 2.05) is 72.4 Å². The number of benzene rings is 2. The molecule has 2 aromatic carbocycles. The number of carbonyl (C=O) groups is 1. The second-order valence-electron chi connectivity index (χ2n) is 13.0. The molecule has 1 atom stereocenters. The van der Waals surface area contributed by atoms with E-state index in [0.717, 1.165) is 35.3 Å².